The average Bonchev–Trinajstić information content (AvgIpc) is 2.50. The van der Waals surface area contributed by atoms with Crippen molar-refractivity contribution in [2.45, 2.75) is 19.3 Å². The molecule has 0 unspecified atom stereocenters. The third kappa shape index (κ3) is 8.39. The van der Waals surface area contributed by atoms with Crippen LogP contribution in [0.15, 0.2) is 30.3 Å². The average molecular weight is 307 g/mol. The summed E-state index contributed by atoms with van der Waals surface area (Å²) in [5.74, 6) is -0.349. The predicted octanol–water partition coefficient (Wildman–Crippen LogP) is 1.15. The van der Waals surface area contributed by atoms with Crippen molar-refractivity contribution in [3.63, 3.8) is 0 Å². The third-order valence-electron chi connectivity index (χ3n) is 3.31. The number of primary amides is 1. The van der Waals surface area contributed by atoms with E-state index in [1.54, 1.807) is 7.11 Å². The number of hydrogen-bond donors (Lipinski definition) is 2. The monoisotopic (exact) mass is 307 g/mol. The molecule has 0 heterocycles. The van der Waals surface area contributed by atoms with Gasteiger partial charge in [0.2, 0.25) is 5.91 Å². The molecule has 0 spiro atoms. The largest absolute Gasteiger partial charge is 0.383 e. The minimum atomic E-state index is -0.808. The molecule has 0 radical (unpaired) electrons. The Bertz CT molecular complexity index is 451. The number of benzene rings is 1. The Morgan fingerprint density at radius 3 is 2.55 bits per heavy atom. The molecule has 0 aliphatic carbocycles. The molecule has 3 N–H and O–H groups in total. The molecule has 0 aliphatic rings. The minimum Gasteiger partial charge on any atom is -0.383 e. The Kier molecular flexibility index (Phi) is 8.86. The highest BCUT2D eigenvalue weighted by molar-refractivity contribution is 5.93. The molecule has 122 valence electrons. The molecule has 1 aromatic carbocycles. The Labute approximate surface area is 131 Å². The number of nitrogens with zero attached hydrogens (tertiary/aromatic N) is 1. The summed E-state index contributed by atoms with van der Waals surface area (Å²) < 4.78 is 5.09. The molecule has 0 saturated carbocycles. The molecule has 0 aromatic heterocycles. The Morgan fingerprint density at radius 2 is 1.91 bits per heavy atom. The van der Waals surface area contributed by atoms with Crippen molar-refractivity contribution in [3.05, 3.63) is 35.9 Å². The van der Waals surface area contributed by atoms with E-state index in [1.165, 1.54) is 5.56 Å². The first-order valence-corrected chi connectivity index (χ1v) is 7.46. The lowest BCUT2D eigenvalue weighted by Gasteiger charge is -2.21. The van der Waals surface area contributed by atoms with E-state index in [-0.39, 0.29) is 12.3 Å². The van der Waals surface area contributed by atoms with Crippen molar-refractivity contribution < 1.29 is 14.3 Å². The Balaban J connectivity index is 2.33. The first-order valence-electron chi connectivity index (χ1n) is 7.46. The van der Waals surface area contributed by atoms with Gasteiger partial charge in [-0.2, -0.15) is 0 Å². The normalized spacial score (nSPS) is 10.6. The zero-order chi connectivity index (χ0) is 16.2. The smallest absolute Gasteiger partial charge is 0.318 e. The van der Waals surface area contributed by atoms with E-state index >= 15 is 0 Å². The van der Waals surface area contributed by atoms with Crippen LogP contribution >= 0.6 is 0 Å². The second kappa shape index (κ2) is 10.8. The van der Waals surface area contributed by atoms with Crippen LogP contribution in [0.25, 0.3) is 0 Å². The minimum absolute atomic E-state index is 0.248. The van der Waals surface area contributed by atoms with Gasteiger partial charge in [0.15, 0.2) is 0 Å². The molecule has 0 atom stereocenters. The fourth-order valence-electron chi connectivity index (χ4n) is 2.17. The fraction of sp³-hybridized carbons (Fsp3) is 0.500. The van der Waals surface area contributed by atoms with Crippen LogP contribution in [0.3, 0.4) is 0 Å². The van der Waals surface area contributed by atoms with Crippen molar-refractivity contribution in [3.8, 4) is 0 Å². The summed E-state index contributed by atoms with van der Waals surface area (Å²) in [6.45, 7) is 2.83. The van der Waals surface area contributed by atoms with Crippen LogP contribution in [0, 0.1) is 0 Å². The summed E-state index contributed by atoms with van der Waals surface area (Å²) in [5, 5.41) is 2.08. The second-order valence-corrected chi connectivity index (χ2v) is 5.09. The molecule has 0 bridgehead atoms. The van der Waals surface area contributed by atoms with Gasteiger partial charge in [-0.05, 0) is 24.9 Å². The first kappa shape index (κ1) is 18.1. The van der Waals surface area contributed by atoms with Crippen molar-refractivity contribution >= 4 is 11.9 Å². The lowest BCUT2D eigenvalue weighted by Crippen LogP contribution is -2.38. The number of carbonyl (C=O) groups is 2. The number of nitrogens with one attached hydrogen (secondary N) is 1. The number of amides is 3. The van der Waals surface area contributed by atoms with Gasteiger partial charge in [-0.3, -0.25) is 10.1 Å². The van der Waals surface area contributed by atoms with Crippen LogP contribution in [-0.4, -0.2) is 50.2 Å². The molecule has 6 heteroatoms. The van der Waals surface area contributed by atoms with E-state index in [2.05, 4.69) is 22.3 Å². The summed E-state index contributed by atoms with van der Waals surface area (Å²) >= 11 is 0. The SMILES string of the molecule is COCCN(CCCc1ccccc1)CCC(=O)NC(N)=O. The van der Waals surface area contributed by atoms with Gasteiger partial charge in [0.25, 0.3) is 0 Å². The van der Waals surface area contributed by atoms with Crippen molar-refractivity contribution in [1.29, 1.82) is 0 Å². The molecule has 6 nitrogen and oxygen atoms in total. The summed E-state index contributed by atoms with van der Waals surface area (Å²) in [5.41, 5.74) is 6.23. The number of aryl methyl sites for hydroxylation is 1. The van der Waals surface area contributed by atoms with E-state index in [9.17, 15) is 9.59 Å². The van der Waals surface area contributed by atoms with E-state index in [1.807, 2.05) is 18.2 Å². The summed E-state index contributed by atoms with van der Waals surface area (Å²) in [6, 6.07) is 9.49. The number of nitrogens with two attached hydrogens (primary N) is 1. The number of hydrogen-bond acceptors (Lipinski definition) is 4. The molecule has 0 fully saturated rings. The van der Waals surface area contributed by atoms with Gasteiger partial charge in [-0.15, -0.1) is 0 Å². The highest BCUT2D eigenvalue weighted by atomic mass is 16.5. The zero-order valence-corrected chi connectivity index (χ0v) is 13.1. The lowest BCUT2D eigenvalue weighted by atomic mass is 10.1. The van der Waals surface area contributed by atoms with E-state index < -0.39 is 6.03 Å². The molecule has 22 heavy (non-hydrogen) atoms. The Morgan fingerprint density at radius 1 is 1.18 bits per heavy atom. The maximum absolute atomic E-state index is 11.5. The maximum Gasteiger partial charge on any atom is 0.318 e. The predicted molar refractivity (Wildman–Crippen MR) is 85.4 cm³/mol. The summed E-state index contributed by atoms with van der Waals surface area (Å²) in [7, 11) is 1.65. The third-order valence-corrected chi connectivity index (χ3v) is 3.31. The van der Waals surface area contributed by atoms with Gasteiger partial charge in [0.1, 0.15) is 0 Å². The van der Waals surface area contributed by atoms with Crippen molar-refractivity contribution in [2.24, 2.45) is 5.73 Å². The molecule has 1 rings (SSSR count). The number of ether oxygens (including phenoxy) is 1. The van der Waals surface area contributed by atoms with E-state index in [4.69, 9.17) is 10.5 Å². The number of imide groups is 1. The molecule has 1 aromatic rings. The van der Waals surface area contributed by atoms with Gasteiger partial charge in [-0.25, -0.2) is 4.79 Å². The number of rotatable bonds is 10. The van der Waals surface area contributed by atoms with E-state index in [0.29, 0.717) is 13.2 Å². The summed E-state index contributed by atoms with van der Waals surface area (Å²) in [6.07, 6.45) is 2.25. The second-order valence-electron chi connectivity index (χ2n) is 5.09. The molecule has 3 amide bonds. The maximum atomic E-state index is 11.5. The Hall–Kier alpha value is -1.92. The van der Waals surface area contributed by atoms with Crippen LogP contribution in [0.4, 0.5) is 4.79 Å². The molecule has 0 aliphatic heterocycles. The highest BCUT2D eigenvalue weighted by Crippen LogP contribution is 2.04. The molecule has 0 saturated heterocycles. The highest BCUT2D eigenvalue weighted by Gasteiger charge is 2.09. The quantitative estimate of drug-likeness (QED) is 0.679. The van der Waals surface area contributed by atoms with Crippen LogP contribution in [0.2, 0.25) is 0 Å². The fourth-order valence-corrected chi connectivity index (χ4v) is 2.17. The molecular formula is C16H25N3O3. The van der Waals surface area contributed by atoms with Gasteiger partial charge in [0.05, 0.1) is 6.61 Å². The standard InChI is InChI=1S/C16H25N3O3/c1-22-13-12-19(11-9-15(20)18-16(17)21)10-5-8-14-6-3-2-4-7-14/h2-4,6-7H,5,8-13H2,1H3,(H3,17,18,20,21). The van der Waals surface area contributed by atoms with Crippen LogP contribution < -0.4 is 11.1 Å². The molecular weight excluding hydrogens is 282 g/mol. The number of carbonyl (C=O) groups excluding carboxylic acids is 2. The van der Waals surface area contributed by atoms with Crippen LogP contribution in [0.5, 0.6) is 0 Å². The zero-order valence-electron chi connectivity index (χ0n) is 13.1. The van der Waals surface area contributed by atoms with Crippen molar-refractivity contribution in [1.82, 2.24) is 10.2 Å². The van der Waals surface area contributed by atoms with Gasteiger partial charge < -0.3 is 15.4 Å². The lowest BCUT2D eigenvalue weighted by molar-refractivity contribution is -0.120. The topological polar surface area (TPSA) is 84.7 Å². The van der Waals surface area contributed by atoms with Gasteiger partial charge in [0, 0.05) is 26.6 Å². The first-order chi connectivity index (χ1) is 10.6. The van der Waals surface area contributed by atoms with Gasteiger partial charge >= 0.3 is 6.03 Å². The van der Waals surface area contributed by atoms with E-state index in [0.717, 1.165) is 25.9 Å². The van der Waals surface area contributed by atoms with Crippen LogP contribution in [-0.2, 0) is 16.0 Å². The summed E-state index contributed by atoms with van der Waals surface area (Å²) in [4.78, 5) is 24.2. The number of methoxy groups -OCH3 is 1. The number of urea groups is 1. The van der Waals surface area contributed by atoms with Gasteiger partial charge in [-0.1, -0.05) is 30.3 Å². The van der Waals surface area contributed by atoms with Crippen molar-refractivity contribution in [2.75, 3.05) is 33.4 Å². The van der Waals surface area contributed by atoms with Crippen LogP contribution in [0.1, 0.15) is 18.4 Å².